The highest BCUT2D eigenvalue weighted by atomic mass is 16.5. The van der Waals surface area contributed by atoms with Crippen molar-refractivity contribution >= 4 is 28.4 Å². The number of ether oxygens (including phenoxy) is 1. The van der Waals surface area contributed by atoms with Gasteiger partial charge >= 0.3 is 0 Å². The van der Waals surface area contributed by atoms with Gasteiger partial charge in [0.05, 0.1) is 30.6 Å². The van der Waals surface area contributed by atoms with Crippen LogP contribution in [0.15, 0.2) is 42.7 Å². The Labute approximate surface area is 133 Å². The molecule has 116 valence electrons. The van der Waals surface area contributed by atoms with Gasteiger partial charge in [-0.25, -0.2) is 0 Å². The van der Waals surface area contributed by atoms with Gasteiger partial charge in [-0.05, 0) is 12.1 Å². The van der Waals surface area contributed by atoms with Crippen molar-refractivity contribution in [1.29, 1.82) is 0 Å². The Bertz CT molecular complexity index is 813. The van der Waals surface area contributed by atoms with Crippen LogP contribution in [-0.2, 0) is 4.74 Å². The average molecular weight is 308 g/mol. The van der Waals surface area contributed by atoms with E-state index in [1.807, 2.05) is 30.3 Å². The maximum absolute atomic E-state index is 5.37. The van der Waals surface area contributed by atoms with Crippen molar-refractivity contribution in [2.75, 3.05) is 36.5 Å². The van der Waals surface area contributed by atoms with Gasteiger partial charge in [-0.3, -0.25) is 4.98 Å². The van der Waals surface area contributed by atoms with Crippen molar-refractivity contribution in [3.8, 4) is 0 Å². The van der Waals surface area contributed by atoms with Crippen LogP contribution in [0.4, 0.5) is 17.5 Å². The number of rotatable bonds is 3. The van der Waals surface area contributed by atoms with Gasteiger partial charge in [-0.15, -0.1) is 5.10 Å². The molecule has 23 heavy (non-hydrogen) atoms. The predicted molar refractivity (Wildman–Crippen MR) is 87.9 cm³/mol. The zero-order valence-electron chi connectivity index (χ0n) is 12.5. The Hall–Kier alpha value is -2.80. The Morgan fingerprint density at radius 2 is 1.96 bits per heavy atom. The molecule has 1 fully saturated rings. The number of fused-ring (bicyclic) bond motifs is 1. The highest BCUT2D eigenvalue weighted by molar-refractivity contribution is 5.91. The standard InChI is InChI=1S/C16H16N6O/c1-3-12-4-2-6-17-15(12)13(5-1)19-16-20-14(11-18-21-16)22-7-9-23-10-8-22/h1-6,11H,7-10H2,(H,19,20,21). The number of benzene rings is 1. The molecule has 0 spiro atoms. The predicted octanol–water partition coefficient (Wildman–Crippen LogP) is 2.00. The summed E-state index contributed by atoms with van der Waals surface area (Å²) >= 11 is 0. The molecule has 3 heterocycles. The van der Waals surface area contributed by atoms with Crippen LogP contribution in [0.2, 0.25) is 0 Å². The fraction of sp³-hybridized carbons (Fsp3) is 0.250. The van der Waals surface area contributed by atoms with Gasteiger partial charge in [-0.2, -0.15) is 10.1 Å². The van der Waals surface area contributed by atoms with Crippen molar-refractivity contribution in [3.63, 3.8) is 0 Å². The van der Waals surface area contributed by atoms with E-state index in [1.54, 1.807) is 12.4 Å². The second-order valence-corrected chi connectivity index (χ2v) is 5.24. The van der Waals surface area contributed by atoms with E-state index in [1.165, 1.54) is 0 Å². The van der Waals surface area contributed by atoms with Gasteiger partial charge < -0.3 is 15.0 Å². The lowest BCUT2D eigenvalue weighted by atomic mass is 10.2. The number of hydrogen-bond donors (Lipinski definition) is 1. The van der Waals surface area contributed by atoms with E-state index in [2.05, 4.69) is 30.4 Å². The topological polar surface area (TPSA) is 76.1 Å². The van der Waals surface area contributed by atoms with Crippen LogP contribution in [0.3, 0.4) is 0 Å². The first-order valence-corrected chi connectivity index (χ1v) is 7.53. The van der Waals surface area contributed by atoms with Crippen LogP contribution in [0.1, 0.15) is 0 Å². The summed E-state index contributed by atoms with van der Waals surface area (Å²) in [7, 11) is 0. The fourth-order valence-corrected chi connectivity index (χ4v) is 2.62. The van der Waals surface area contributed by atoms with Crippen LogP contribution in [-0.4, -0.2) is 46.5 Å². The minimum atomic E-state index is 0.465. The average Bonchev–Trinajstić information content (AvgIpc) is 2.63. The lowest BCUT2D eigenvalue weighted by Crippen LogP contribution is -2.37. The van der Waals surface area contributed by atoms with Crippen LogP contribution in [0.25, 0.3) is 10.9 Å². The minimum absolute atomic E-state index is 0.465. The molecule has 2 aromatic heterocycles. The van der Waals surface area contributed by atoms with E-state index < -0.39 is 0 Å². The Kier molecular flexibility index (Phi) is 3.69. The molecule has 4 rings (SSSR count). The first-order valence-electron chi connectivity index (χ1n) is 7.53. The summed E-state index contributed by atoms with van der Waals surface area (Å²) in [6.45, 7) is 3.04. The van der Waals surface area contributed by atoms with Gasteiger partial charge in [0, 0.05) is 24.7 Å². The van der Waals surface area contributed by atoms with E-state index in [9.17, 15) is 0 Å². The number of anilines is 3. The molecule has 1 aromatic carbocycles. The molecule has 1 saturated heterocycles. The first-order chi connectivity index (χ1) is 11.4. The van der Waals surface area contributed by atoms with Crippen LogP contribution in [0, 0.1) is 0 Å². The molecule has 0 aliphatic carbocycles. The maximum atomic E-state index is 5.37. The number of nitrogens with zero attached hydrogens (tertiary/aromatic N) is 5. The normalized spacial score (nSPS) is 14.9. The fourth-order valence-electron chi connectivity index (χ4n) is 2.62. The molecular formula is C16H16N6O. The molecule has 1 N–H and O–H groups in total. The van der Waals surface area contributed by atoms with Crippen LogP contribution in [0.5, 0.6) is 0 Å². The quantitative estimate of drug-likeness (QED) is 0.793. The number of hydrogen-bond acceptors (Lipinski definition) is 7. The summed E-state index contributed by atoms with van der Waals surface area (Å²) in [4.78, 5) is 11.1. The third kappa shape index (κ3) is 2.91. The maximum Gasteiger partial charge on any atom is 0.249 e. The third-order valence-electron chi connectivity index (χ3n) is 3.76. The number of morpholine rings is 1. The number of aromatic nitrogens is 4. The zero-order valence-corrected chi connectivity index (χ0v) is 12.5. The number of pyridine rings is 1. The van der Waals surface area contributed by atoms with Crippen molar-refractivity contribution in [1.82, 2.24) is 20.2 Å². The molecule has 7 nitrogen and oxygen atoms in total. The first kappa shape index (κ1) is 13.8. The largest absolute Gasteiger partial charge is 0.378 e. The molecule has 1 aliphatic heterocycles. The molecule has 1 aliphatic rings. The van der Waals surface area contributed by atoms with E-state index in [-0.39, 0.29) is 0 Å². The van der Waals surface area contributed by atoms with E-state index >= 15 is 0 Å². The lowest BCUT2D eigenvalue weighted by molar-refractivity contribution is 0.122. The van der Waals surface area contributed by atoms with Gasteiger partial charge in [0.1, 0.15) is 0 Å². The Balaban J connectivity index is 1.63. The van der Waals surface area contributed by atoms with Crippen molar-refractivity contribution in [2.24, 2.45) is 0 Å². The molecule has 0 amide bonds. The van der Waals surface area contributed by atoms with E-state index in [0.29, 0.717) is 19.2 Å². The molecular weight excluding hydrogens is 292 g/mol. The minimum Gasteiger partial charge on any atom is -0.378 e. The smallest absolute Gasteiger partial charge is 0.249 e. The summed E-state index contributed by atoms with van der Waals surface area (Å²) in [6.07, 6.45) is 3.45. The molecule has 0 bridgehead atoms. The SMILES string of the molecule is c1cnc2c(Nc3nncc(N4CCOCC4)n3)cccc2c1. The van der Waals surface area contributed by atoms with Crippen molar-refractivity contribution < 1.29 is 4.74 Å². The van der Waals surface area contributed by atoms with E-state index in [0.717, 1.165) is 35.5 Å². The Morgan fingerprint density at radius 3 is 2.87 bits per heavy atom. The van der Waals surface area contributed by atoms with Crippen molar-refractivity contribution in [3.05, 3.63) is 42.7 Å². The molecule has 7 heteroatoms. The number of nitrogens with one attached hydrogen (secondary N) is 1. The second-order valence-electron chi connectivity index (χ2n) is 5.24. The Morgan fingerprint density at radius 1 is 1.09 bits per heavy atom. The van der Waals surface area contributed by atoms with Gasteiger partial charge in [-0.1, -0.05) is 18.2 Å². The lowest BCUT2D eigenvalue weighted by Gasteiger charge is -2.27. The molecule has 3 aromatic rings. The second kappa shape index (κ2) is 6.13. The van der Waals surface area contributed by atoms with E-state index in [4.69, 9.17) is 4.74 Å². The summed E-state index contributed by atoms with van der Waals surface area (Å²) in [5.41, 5.74) is 1.75. The number of para-hydroxylation sites is 1. The van der Waals surface area contributed by atoms with Crippen LogP contribution >= 0.6 is 0 Å². The third-order valence-corrected chi connectivity index (χ3v) is 3.76. The molecule has 0 radical (unpaired) electrons. The summed E-state index contributed by atoms with van der Waals surface area (Å²) in [5, 5.41) is 12.4. The molecule has 0 saturated carbocycles. The van der Waals surface area contributed by atoms with Gasteiger partial charge in [0.2, 0.25) is 5.95 Å². The summed E-state index contributed by atoms with van der Waals surface area (Å²) in [5.74, 6) is 1.27. The van der Waals surface area contributed by atoms with Crippen molar-refractivity contribution in [2.45, 2.75) is 0 Å². The monoisotopic (exact) mass is 308 g/mol. The summed E-state index contributed by atoms with van der Waals surface area (Å²) < 4.78 is 5.37. The molecule has 0 atom stereocenters. The highest BCUT2D eigenvalue weighted by Gasteiger charge is 2.14. The van der Waals surface area contributed by atoms with Gasteiger partial charge in [0.25, 0.3) is 0 Å². The molecule has 0 unspecified atom stereocenters. The zero-order chi connectivity index (χ0) is 15.5. The van der Waals surface area contributed by atoms with Crippen LogP contribution < -0.4 is 10.2 Å². The summed E-state index contributed by atoms with van der Waals surface area (Å²) in [6, 6.07) is 9.91. The highest BCUT2D eigenvalue weighted by Crippen LogP contribution is 2.23. The van der Waals surface area contributed by atoms with Gasteiger partial charge in [0.15, 0.2) is 5.82 Å².